The maximum atomic E-state index is 12.2. The van der Waals surface area contributed by atoms with Gasteiger partial charge in [-0.1, -0.05) is 38.5 Å². The minimum atomic E-state index is -0.296. The normalized spacial score (nSPS) is 33.6. The highest BCUT2D eigenvalue weighted by Gasteiger charge is 2.37. The molecule has 2 atom stereocenters. The smallest absolute Gasteiger partial charge is 0.224 e. The van der Waals surface area contributed by atoms with E-state index in [4.69, 9.17) is 5.73 Å². The summed E-state index contributed by atoms with van der Waals surface area (Å²) in [4.78, 5) is 12.2. The highest BCUT2D eigenvalue weighted by atomic mass is 16.1. The molecule has 2 rings (SSSR count). The van der Waals surface area contributed by atoms with E-state index in [2.05, 4.69) is 5.32 Å². The lowest BCUT2D eigenvalue weighted by Crippen LogP contribution is -2.53. The summed E-state index contributed by atoms with van der Waals surface area (Å²) in [7, 11) is 0. The molecule has 0 aromatic carbocycles. The van der Waals surface area contributed by atoms with Gasteiger partial charge in [0.25, 0.3) is 0 Å². The predicted octanol–water partition coefficient (Wildman–Crippen LogP) is 2.59. The standard InChI is InChI=1S/C15H28N2O/c1-15(16)10-5-4-8-13(15)14(18)17-11-9-12-6-2-3-7-12/h12-13H,2-11,16H2,1H3,(H,17,18). The molecule has 0 bridgehead atoms. The molecule has 3 N–H and O–H groups in total. The van der Waals surface area contributed by atoms with Crippen LogP contribution in [0.3, 0.4) is 0 Å². The average Bonchev–Trinajstić information content (AvgIpc) is 2.81. The van der Waals surface area contributed by atoms with Gasteiger partial charge in [-0.2, -0.15) is 0 Å². The molecular formula is C15H28N2O. The topological polar surface area (TPSA) is 55.1 Å². The van der Waals surface area contributed by atoms with E-state index in [1.165, 1.54) is 32.1 Å². The summed E-state index contributed by atoms with van der Waals surface area (Å²) in [5.41, 5.74) is 5.96. The van der Waals surface area contributed by atoms with Crippen LogP contribution in [0.4, 0.5) is 0 Å². The molecule has 18 heavy (non-hydrogen) atoms. The summed E-state index contributed by atoms with van der Waals surface area (Å²) in [5, 5.41) is 3.12. The molecule has 2 fully saturated rings. The van der Waals surface area contributed by atoms with Crippen LogP contribution < -0.4 is 11.1 Å². The number of carbonyl (C=O) groups excluding carboxylic acids is 1. The zero-order valence-corrected chi connectivity index (χ0v) is 11.7. The van der Waals surface area contributed by atoms with Crippen molar-refractivity contribution >= 4 is 5.91 Å². The monoisotopic (exact) mass is 252 g/mol. The molecule has 2 aliphatic rings. The highest BCUT2D eigenvalue weighted by Crippen LogP contribution is 2.32. The summed E-state index contributed by atoms with van der Waals surface area (Å²) >= 11 is 0. The lowest BCUT2D eigenvalue weighted by Gasteiger charge is -2.37. The van der Waals surface area contributed by atoms with Gasteiger partial charge in [0.05, 0.1) is 5.92 Å². The van der Waals surface area contributed by atoms with Gasteiger partial charge in [-0.25, -0.2) is 0 Å². The number of nitrogens with two attached hydrogens (primary N) is 1. The average molecular weight is 252 g/mol. The molecule has 0 aromatic rings. The molecule has 0 aliphatic heterocycles. The van der Waals surface area contributed by atoms with Crippen LogP contribution >= 0.6 is 0 Å². The number of hydrogen-bond acceptors (Lipinski definition) is 2. The van der Waals surface area contributed by atoms with Crippen LogP contribution in [-0.2, 0) is 4.79 Å². The van der Waals surface area contributed by atoms with Gasteiger partial charge in [0, 0.05) is 12.1 Å². The Labute approximate surface area is 111 Å². The third-order valence-corrected chi connectivity index (χ3v) is 4.90. The van der Waals surface area contributed by atoms with E-state index < -0.39 is 0 Å². The van der Waals surface area contributed by atoms with Crippen LogP contribution in [0.15, 0.2) is 0 Å². The number of amides is 1. The second-order valence-electron chi connectivity index (χ2n) is 6.53. The van der Waals surface area contributed by atoms with Crippen LogP contribution in [-0.4, -0.2) is 18.0 Å². The van der Waals surface area contributed by atoms with Crippen LogP contribution in [0.25, 0.3) is 0 Å². The van der Waals surface area contributed by atoms with Gasteiger partial charge in [0.2, 0.25) is 5.91 Å². The molecule has 0 heterocycles. The van der Waals surface area contributed by atoms with E-state index in [0.717, 1.165) is 38.1 Å². The Morgan fingerprint density at radius 2 is 1.89 bits per heavy atom. The minimum absolute atomic E-state index is 0.0230. The third-order valence-electron chi connectivity index (χ3n) is 4.90. The first-order valence-corrected chi connectivity index (χ1v) is 7.66. The van der Waals surface area contributed by atoms with Crippen molar-refractivity contribution < 1.29 is 4.79 Å². The van der Waals surface area contributed by atoms with E-state index in [1.54, 1.807) is 0 Å². The van der Waals surface area contributed by atoms with Crippen molar-refractivity contribution in [1.29, 1.82) is 0 Å². The number of nitrogens with one attached hydrogen (secondary N) is 1. The lowest BCUT2D eigenvalue weighted by atomic mass is 9.74. The highest BCUT2D eigenvalue weighted by molar-refractivity contribution is 5.80. The molecule has 0 saturated heterocycles. The van der Waals surface area contributed by atoms with Gasteiger partial charge in [-0.05, 0) is 32.1 Å². The summed E-state index contributed by atoms with van der Waals surface area (Å²) in [5.74, 6) is 1.06. The molecule has 0 spiro atoms. The quantitative estimate of drug-likeness (QED) is 0.808. The molecule has 2 aliphatic carbocycles. The predicted molar refractivity (Wildman–Crippen MR) is 74.1 cm³/mol. The van der Waals surface area contributed by atoms with Crippen molar-refractivity contribution in [3.63, 3.8) is 0 Å². The molecule has 0 radical (unpaired) electrons. The molecule has 2 saturated carbocycles. The summed E-state index contributed by atoms with van der Waals surface area (Å²) in [6, 6.07) is 0. The van der Waals surface area contributed by atoms with E-state index in [9.17, 15) is 4.79 Å². The fourth-order valence-corrected chi connectivity index (χ4v) is 3.61. The first-order valence-electron chi connectivity index (χ1n) is 7.66. The van der Waals surface area contributed by atoms with E-state index >= 15 is 0 Å². The maximum Gasteiger partial charge on any atom is 0.224 e. The van der Waals surface area contributed by atoms with Crippen LogP contribution in [0.2, 0.25) is 0 Å². The van der Waals surface area contributed by atoms with E-state index in [-0.39, 0.29) is 17.4 Å². The van der Waals surface area contributed by atoms with Crippen LogP contribution in [0.1, 0.15) is 64.7 Å². The van der Waals surface area contributed by atoms with Crippen molar-refractivity contribution in [2.45, 2.75) is 70.3 Å². The number of carbonyl (C=O) groups is 1. The zero-order valence-electron chi connectivity index (χ0n) is 11.7. The number of hydrogen-bond donors (Lipinski definition) is 2. The molecule has 0 aromatic heterocycles. The van der Waals surface area contributed by atoms with Crippen LogP contribution in [0.5, 0.6) is 0 Å². The van der Waals surface area contributed by atoms with Gasteiger partial charge in [-0.3, -0.25) is 4.79 Å². The van der Waals surface area contributed by atoms with Gasteiger partial charge >= 0.3 is 0 Å². The molecular weight excluding hydrogens is 224 g/mol. The maximum absolute atomic E-state index is 12.2. The van der Waals surface area contributed by atoms with E-state index in [1.807, 2.05) is 6.92 Å². The summed E-state index contributed by atoms with van der Waals surface area (Å²) in [6.45, 7) is 2.88. The molecule has 104 valence electrons. The van der Waals surface area contributed by atoms with Crippen LogP contribution in [0, 0.1) is 11.8 Å². The van der Waals surface area contributed by atoms with Crippen molar-refractivity contribution in [2.75, 3.05) is 6.54 Å². The summed E-state index contributed by atoms with van der Waals surface area (Å²) < 4.78 is 0. The second-order valence-corrected chi connectivity index (χ2v) is 6.53. The SMILES string of the molecule is CC1(N)CCCCC1C(=O)NCCC1CCCC1. The minimum Gasteiger partial charge on any atom is -0.356 e. The Hall–Kier alpha value is -0.570. The Morgan fingerprint density at radius 1 is 1.22 bits per heavy atom. The Morgan fingerprint density at radius 3 is 2.56 bits per heavy atom. The fourth-order valence-electron chi connectivity index (χ4n) is 3.61. The summed E-state index contributed by atoms with van der Waals surface area (Å²) in [6.07, 6.45) is 10.9. The molecule has 3 heteroatoms. The van der Waals surface area contributed by atoms with Crippen molar-refractivity contribution in [1.82, 2.24) is 5.32 Å². The molecule has 2 unspecified atom stereocenters. The third kappa shape index (κ3) is 3.47. The molecule has 3 nitrogen and oxygen atoms in total. The van der Waals surface area contributed by atoms with Gasteiger partial charge in [0.15, 0.2) is 0 Å². The Balaban J connectivity index is 1.73. The van der Waals surface area contributed by atoms with E-state index in [0.29, 0.717) is 0 Å². The Kier molecular flexibility index (Phi) is 4.66. The van der Waals surface area contributed by atoms with Crippen molar-refractivity contribution in [3.8, 4) is 0 Å². The van der Waals surface area contributed by atoms with Crippen molar-refractivity contribution in [3.05, 3.63) is 0 Å². The largest absolute Gasteiger partial charge is 0.356 e. The Bertz CT molecular complexity index is 282. The van der Waals surface area contributed by atoms with Gasteiger partial charge in [0.1, 0.15) is 0 Å². The first kappa shape index (κ1) is 13.9. The first-order chi connectivity index (χ1) is 8.59. The van der Waals surface area contributed by atoms with Gasteiger partial charge in [-0.15, -0.1) is 0 Å². The second kappa shape index (κ2) is 6.05. The number of rotatable bonds is 4. The fraction of sp³-hybridized carbons (Fsp3) is 0.933. The zero-order chi connectivity index (χ0) is 13.0. The van der Waals surface area contributed by atoms with Gasteiger partial charge < -0.3 is 11.1 Å². The lowest BCUT2D eigenvalue weighted by molar-refractivity contribution is -0.128. The molecule has 1 amide bonds. The van der Waals surface area contributed by atoms with Crippen molar-refractivity contribution in [2.24, 2.45) is 17.6 Å².